The van der Waals surface area contributed by atoms with E-state index in [-0.39, 0.29) is 0 Å². The first-order valence-corrected chi connectivity index (χ1v) is 7.12. The standard InChI is InChI=1S/C18H25NO2/c1-5-8-16-9-10-17(18(15-16)20-4)21-14-13-19(11-6-2)12-7-3/h5-10,15H,2-3,11-14H2,1,4H3. The van der Waals surface area contributed by atoms with Crippen molar-refractivity contribution >= 4 is 6.08 Å². The van der Waals surface area contributed by atoms with Crippen molar-refractivity contribution < 1.29 is 9.47 Å². The summed E-state index contributed by atoms with van der Waals surface area (Å²) in [7, 11) is 1.66. The molecule has 0 radical (unpaired) electrons. The van der Waals surface area contributed by atoms with Crippen LogP contribution < -0.4 is 9.47 Å². The average Bonchev–Trinajstić information content (AvgIpc) is 2.49. The van der Waals surface area contributed by atoms with Gasteiger partial charge in [0.15, 0.2) is 11.5 Å². The van der Waals surface area contributed by atoms with E-state index < -0.39 is 0 Å². The summed E-state index contributed by atoms with van der Waals surface area (Å²) in [6, 6.07) is 5.93. The molecule has 0 saturated carbocycles. The van der Waals surface area contributed by atoms with Gasteiger partial charge in [0.05, 0.1) is 7.11 Å². The minimum absolute atomic E-state index is 0.598. The van der Waals surface area contributed by atoms with Crippen LogP contribution in [0.5, 0.6) is 11.5 Å². The molecule has 0 heterocycles. The molecule has 0 fully saturated rings. The SMILES string of the molecule is C=CCN(CC=C)CCOc1ccc(C=CC)cc1OC. The fourth-order valence-corrected chi connectivity index (χ4v) is 2.01. The molecule has 0 saturated heterocycles. The van der Waals surface area contributed by atoms with E-state index in [0.717, 1.165) is 36.7 Å². The van der Waals surface area contributed by atoms with Crippen LogP contribution in [0, 0.1) is 0 Å². The van der Waals surface area contributed by atoms with Crippen molar-refractivity contribution in [3.8, 4) is 11.5 Å². The molecule has 21 heavy (non-hydrogen) atoms. The molecular weight excluding hydrogens is 262 g/mol. The van der Waals surface area contributed by atoms with Crippen LogP contribution in [0.1, 0.15) is 12.5 Å². The minimum atomic E-state index is 0.598. The van der Waals surface area contributed by atoms with Crippen LogP contribution in [0.25, 0.3) is 6.08 Å². The zero-order chi connectivity index (χ0) is 15.5. The molecule has 0 N–H and O–H groups in total. The third-order valence-electron chi connectivity index (χ3n) is 2.99. The van der Waals surface area contributed by atoms with E-state index in [4.69, 9.17) is 9.47 Å². The highest BCUT2D eigenvalue weighted by Gasteiger charge is 2.06. The molecule has 0 atom stereocenters. The van der Waals surface area contributed by atoms with E-state index >= 15 is 0 Å². The molecule has 3 heteroatoms. The molecule has 1 aromatic carbocycles. The second kappa shape index (κ2) is 9.83. The van der Waals surface area contributed by atoms with E-state index in [1.807, 2.05) is 49.4 Å². The van der Waals surface area contributed by atoms with E-state index in [0.29, 0.717) is 6.61 Å². The Kier molecular flexibility index (Phi) is 7.99. The Bertz CT molecular complexity index is 470. The highest BCUT2D eigenvalue weighted by molar-refractivity contribution is 5.55. The van der Waals surface area contributed by atoms with Gasteiger partial charge in [-0.15, -0.1) is 13.2 Å². The van der Waals surface area contributed by atoms with Crippen LogP contribution in [-0.4, -0.2) is 38.3 Å². The predicted octanol–water partition coefficient (Wildman–Crippen LogP) is 3.78. The summed E-state index contributed by atoms with van der Waals surface area (Å²) in [5.74, 6) is 1.52. The van der Waals surface area contributed by atoms with Gasteiger partial charge >= 0.3 is 0 Å². The normalized spacial score (nSPS) is 10.8. The first kappa shape index (κ1) is 17.1. The predicted molar refractivity (Wildman–Crippen MR) is 90.0 cm³/mol. The van der Waals surface area contributed by atoms with Crippen LogP contribution in [-0.2, 0) is 0 Å². The van der Waals surface area contributed by atoms with Gasteiger partial charge in [0, 0.05) is 19.6 Å². The molecule has 0 aliphatic rings. The third kappa shape index (κ3) is 5.88. The van der Waals surface area contributed by atoms with Gasteiger partial charge in [-0.25, -0.2) is 0 Å². The van der Waals surface area contributed by atoms with Crippen molar-refractivity contribution in [2.45, 2.75) is 6.92 Å². The fourth-order valence-electron chi connectivity index (χ4n) is 2.01. The topological polar surface area (TPSA) is 21.7 Å². The Balaban J connectivity index is 2.61. The zero-order valence-corrected chi connectivity index (χ0v) is 13.0. The van der Waals surface area contributed by atoms with Gasteiger partial charge in [-0.3, -0.25) is 4.90 Å². The van der Waals surface area contributed by atoms with Crippen molar-refractivity contribution in [2.24, 2.45) is 0 Å². The highest BCUT2D eigenvalue weighted by atomic mass is 16.5. The van der Waals surface area contributed by atoms with Crippen LogP contribution in [0.15, 0.2) is 49.6 Å². The van der Waals surface area contributed by atoms with E-state index in [9.17, 15) is 0 Å². The quantitative estimate of drug-likeness (QED) is 0.611. The summed E-state index contributed by atoms with van der Waals surface area (Å²) in [6.45, 7) is 12.6. The number of benzene rings is 1. The fraction of sp³-hybridized carbons (Fsp3) is 0.333. The van der Waals surface area contributed by atoms with Crippen molar-refractivity contribution in [1.82, 2.24) is 4.90 Å². The molecule has 0 unspecified atom stereocenters. The van der Waals surface area contributed by atoms with Crippen molar-refractivity contribution in [3.63, 3.8) is 0 Å². The smallest absolute Gasteiger partial charge is 0.161 e. The lowest BCUT2D eigenvalue weighted by Crippen LogP contribution is -2.28. The molecule has 0 aromatic heterocycles. The number of allylic oxidation sites excluding steroid dienone is 1. The number of ether oxygens (including phenoxy) is 2. The number of methoxy groups -OCH3 is 1. The number of rotatable bonds is 10. The van der Waals surface area contributed by atoms with E-state index in [1.54, 1.807) is 7.11 Å². The van der Waals surface area contributed by atoms with Gasteiger partial charge in [-0.2, -0.15) is 0 Å². The van der Waals surface area contributed by atoms with Crippen LogP contribution in [0.4, 0.5) is 0 Å². The van der Waals surface area contributed by atoms with Gasteiger partial charge in [0.2, 0.25) is 0 Å². The molecule has 1 aromatic rings. The number of hydrogen-bond acceptors (Lipinski definition) is 3. The van der Waals surface area contributed by atoms with Gasteiger partial charge in [-0.1, -0.05) is 30.4 Å². The molecule has 3 nitrogen and oxygen atoms in total. The summed E-state index contributed by atoms with van der Waals surface area (Å²) in [5, 5.41) is 0. The molecule has 0 aliphatic heterocycles. The summed E-state index contributed by atoms with van der Waals surface area (Å²) in [4.78, 5) is 2.21. The Morgan fingerprint density at radius 1 is 1.14 bits per heavy atom. The molecule has 1 rings (SSSR count). The molecule has 114 valence electrons. The van der Waals surface area contributed by atoms with E-state index in [1.165, 1.54) is 0 Å². The number of hydrogen-bond donors (Lipinski definition) is 0. The Hall–Kier alpha value is -2.00. The lowest BCUT2D eigenvalue weighted by Gasteiger charge is -2.19. The van der Waals surface area contributed by atoms with Gasteiger partial charge in [0.1, 0.15) is 6.61 Å². The lowest BCUT2D eigenvalue weighted by molar-refractivity contribution is 0.229. The first-order chi connectivity index (χ1) is 10.2. The molecule has 0 aliphatic carbocycles. The maximum absolute atomic E-state index is 5.82. The summed E-state index contributed by atoms with van der Waals surface area (Å²) < 4.78 is 11.2. The highest BCUT2D eigenvalue weighted by Crippen LogP contribution is 2.28. The second-order valence-corrected chi connectivity index (χ2v) is 4.60. The second-order valence-electron chi connectivity index (χ2n) is 4.60. The Morgan fingerprint density at radius 3 is 2.43 bits per heavy atom. The molecular formula is C18H25NO2. The molecule has 0 amide bonds. The van der Waals surface area contributed by atoms with Gasteiger partial charge < -0.3 is 9.47 Å². The van der Waals surface area contributed by atoms with Gasteiger partial charge in [0.25, 0.3) is 0 Å². The molecule has 0 bridgehead atoms. The minimum Gasteiger partial charge on any atom is -0.493 e. The third-order valence-corrected chi connectivity index (χ3v) is 2.99. The molecule has 0 spiro atoms. The summed E-state index contributed by atoms with van der Waals surface area (Å²) in [5.41, 5.74) is 1.10. The first-order valence-electron chi connectivity index (χ1n) is 7.12. The van der Waals surface area contributed by atoms with Crippen LogP contribution in [0.2, 0.25) is 0 Å². The van der Waals surface area contributed by atoms with Crippen molar-refractivity contribution in [3.05, 3.63) is 55.1 Å². The Labute approximate surface area is 128 Å². The van der Waals surface area contributed by atoms with E-state index in [2.05, 4.69) is 18.1 Å². The summed E-state index contributed by atoms with van der Waals surface area (Å²) in [6.07, 6.45) is 7.80. The monoisotopic (exact) mass is 287 g/mol. The lowest BCUT2D eigenvalue weighted by atomic mass is 10.2. The van der Waals surface area contributed by atoms with Crippen LogP contribution >= 0.6 is 0 Å². The largest absolute Gasteiger partial charge is 0.493 e. The zero-order valence-electron chi connectivity index (χ0n) is 13.0. The van der Waals surface area contributed by atoms with Crippen molar-refractivity contribution in [1.29, 1.82) is 0 Å². The average molecular weight is 287 g/mol. The van der Waals surface area contributed by atoms with Crippen LogP contribution in [0.3, 0.4) is 0 Å². The van der Waals surface area contributed by atoms with Crippen molar-refractivity contribution in [2.75, 3.05) is 33.4 Å². The summed E-state index contributed by atoms with van der Waals surface area (Å²) >= 11 is 0. The Morgan fingerprint density at radius 2 is 1.86 bits per heavy atom. The maximum atomic E-state index is 5.82. The maximum Gasteiger partial charge on any atom is 0.161 e. The number of nitrogens with zero attached hydrogens (tertiary/aromatic N) is 1. The van der Waals surface area contributed by atoms with Gasteiger partial charge in [-0.05, 0) is 24.6 Å².